The Morgan fingerprint density at radius 1 is 1.08 bits per heavy atom. The Hall–Kier alpha value is -1.06. The second kappa shape index (κ2) is 4.19. The third-order valence-corrected chi connectivity index (χ3v) is 9.55. The summed E-state index contributed by atoms with van der Waals surface area (Å²) in [5.41, 5.74) is -1.59. The number of hydrogen-bond acceptors (Lipinski definition) is 3. The smallest absolute Gasteiger partial charge is 0.313 e. The maximum atomic E-state index is 13.3. The molecule has 0 aromatic heterocycles. The average Bonchev–Trinajstić information content (AvgIpc) is 2.97. The van der Waals surface area contributed by atoms with Crippen molar-refractivity contribution in [3.63, 3.8) is 0 Å². The molecule has 0 unspecified atom stereocenters. The lowest BCUT2D eigenvalue weighted by molar-refractivity contribution is -0.169. The minimum atomic E-state index is -0.985. The van der Waals surface area contributed by atoms with Crippen molar-refractivity contribution in [1.29, 1.82) is 0 Å². The summed E-state index contributed by atoms with van der Waals surface area (Å²) in [6.07, 6.45) is 4.87. The first-order valence-electron chi connectivity index (χ1n) is 9.47. The minimum absolute atomic E-state index is 0.0587. The molecule has 1 N–H and O–H groups in total. The molecule has 4 rings (SSSR count). The van der Waals surface area contributed by atoms with Crippen molar-refractivity contribution in [3.05, 3.63) is 0 Å². The van der Waals surface area contributed by atoms with Gasteiger partial charge in [0.05, 0.1) is 5.41 Å². The van der Waals surface area contributed by atoms with Crippen LogP contribution in [0.25, 0.3) is 0 Å². The van der Waals surface area contributed by atoms with Crippen LogP contribution >= 0.6 is 0 Å². The van der Waals surface area contributed by atoms with E-state index < -0.39 is 16.4 Å². The van der Waals surface area contributed by atoms with E-state index in [-0.39, 0.29) is 28.7 Å². The number of hydrogen-bond donors (Lipinski definition) is 1. The molecule has 0 aromatic rings. The van der Waals surface area contributed by atoms with Gasteiger partial charge in [-0.25, -0.2) is 0 Å². The highest BCUT2D eigenvalue weighted by molar-refractivity contribution is 5.96. The molecular formula is C20H31NO3. The Balaban J connectivity index is 1.62. The van der Waals surface area contributed by atoms with Crippen LogP contribution < -0.4 is 5.32 Å². The number of ether oxygens (including phenoxy) is 1. The molecule has 3 saturated carbocycles. The van der Waals surface area contributed by atoms with Crippen molar-refractivity contribution in [2.45, 2.75) is 85.3 Å². The molecule has 0 radical (unpaired) electrons. The number of esters is 1. The molecule has 1 aliphatic heterocycles. The fraction of sp³-hybridized carbons (Fsp3) is 0.900. The highest BCUT2D eigenvalue weighted by Gasteiger charge is 2.76. The second-order valence-corrected chi connectivity index (χ2v) is 10.3. The maximum absolute atomic E-state index is 13.3. The maximum Gasteiger partial charge on any atom is 0.313 e. The number of rotatable bonds is 2. The third kappa shape index (κ3) is 1.44. The molecule has 4 heteroatoms. The number of carbonyl (C=O) groups is 2. The van der Waals surface area contributed by atoms with Crippen molar-refractivity contribution in [2.75, 3.05) is 0 Å². The lowest BCUT2D eigenvalue weighted by atomic mass is 9.65. The SMILES string of the molecule is CC1(C)[C@@]2(C)CC[C@@]1(C(=O)N[C@@H]1C[C@H]3CC[C@@]1(C)C3(C)C)OC2=O. The molecule has 24 heavy (non-hydrogen) atoms. The van der Waals surface area contributed by atoms with Gasteiger partial charge in [0, 0.05) is 11.5 Å². The van der Waals surface area contributed by atoms with Gasteiger partial charge in [-0.2, -0.15) is 0 Å². The first kappa shape index (κ1) is 16.4. The topological polar surface area (TPSA) is 55.4 Å². The van der Waals surface area contributed by atoms with E-state index in [9.17, 15) is 9.59 Å². The van der Waals surface area contributed by atoms with Crippen molar-refractivity contribution in [1.82, 2.24) is 5.32 Å². The first-order chi connectivity index (χ1) is 10.9. The lowest BCUT2D eigenvalue weighted by Crippen LogP contribution is -2.58. The zero-order chi connectivity index (χ0) is 17.8. The van der Waals surface area contributed by atoms with Gasteiger partial charge in [0.2, 0.25) is 0 Å². The van der Waals surface area contributed by atoms with Crippen molar-refractivity contribution >= 4 is 11.9 Å². The van der Waals surface area contributed by atoms with E-state index in [0.717, 1.165) is 12.8 Å². The molecule has 4 nitrogen and oxygen atoms in total. The Labute approximate surface area is 145 Å². The highest BCUT2D eigenvalue weighted by atomic mass is 16.6. The molecule has 134 valence electrons. The van der Waals surface area contributed by atoms with Crippen molar-refractivity contribution < 1.29 is 14.3 Å². The van der Waals surface area contributed by atoms with Crippen LogP contribution in [0.15, 0.2) is 0 Å². The second-order valence-electron chi connectivity index (χ2n) is 10.3. The van der Waals surface area contributed by atoms with Crippen LogP contribution in [0.4, 0.5) is 0 Å². The zero-order valence-corrected chi connectivity index (χ0v) is 15.9. The van der Waals surface area contributed by atoms with Gasteiger partial charge in [-0.15, -0.1) is 0 Å². The summed E-state index contributed by atoms with van der Waals surface area (Å²) in [4.78, 5) is 25.7. The quantitative estimate of drug-likeness (QED) is 0.788. The number of amides is 1. The van der Waals surface area contributed by atoms with Gasteiger partial charge in [-0.1, -0.05) is 34.6 Å². The molecule has 3 aliphatic carbocycles. The van der Waals surface area contributed by atoms with E-state index in [1.165, 1.54) is 12.8 Å². The molecule has 5 atom stereocenters. The van der Waals surface area contributed by atoms with Gasteiger partial charge >= 0.3 is 5.97 Å². The minimum Gasteiger partial charge on any atom is -0.448 e. The van der Waals surface area contributed by atoms with Gasteiger partial charge < -0.3 is 10.1 Å². The summed E-state index contributed by atoms with van der Waals surface area (Å²) in [6.45, 7) is 13.0. The summed E-state index contributed by atoms with van der Waals surface area (Å²) < 4.78 is 5.75. The van der Waals surface area contributed by atoms with Crippen LogP contribution in [0.3, 0.4) is 0 Å². The molecular weight excluding hydrogens is 302 g/mol. The van der Waals surface area contributed by atoms with E-state index in [1.54, 1.807) is 0 Å². The van der Waals surface area contributed by atoms with Crippen molar-refractivity contribution in [3.8, 4) is 0 Å². The molecule has 1 amide bonds. The predicted octanol–water partition coefficient (Wildman–Crippen LogP) is 3.44. The van der Waals surface area contributed by atoms with Gasteiger partial charge in [0.15, 0.2) is 5.60 Å². The molecule has 1 heterocycles. The van der Waals surface area contributed by atoms with Crippen LogP contribution in [0, 0.1) is 27.6 Å². The van der Waals surface area contributed by atoms with E-state index >= 15 is 0 Å². The highest BCUT2D eigenvalue weighted by Crippen LogP contribution is 2.67. The van der Waals surface area contributed by atoms with Crippen LogP contribution in [0.2, 0.25) is 0 Å². The lowest BCUT2D eigenvalue weighted by Gasteiger charge is -2.42. The van der Waals surface area contributed by atoms with Crippen LogP contribution in [-0.4, -0.2) is 23.5 Å². The molecule has 0 aromatic carbocycles. The largest absolute Gasteiger partial charge is 0.448 e. The molecule has 0 spiro atoms. The monoisotopic (exact) mass is 333 g/mol. The van der Waals surface area contributed by atoms with E-state index in [0.29, 0.717) is 12.3 Å². The normalized spacial score (nSPS) is 50.2. The predicted molar refractivity (Wildman–Crippen MR) is 91.1 cm³/mol. The number of fused-ring (bicyclic) bond motifs is 4. The van der Waals surface area contributed by atoms with E-state index in [2.05, 4.69) is 26.1 Å². The first-order valence-corrected chi connectivity index (χ1v) is 9.47. The number of carbonyl (C=O) groups excluding carboxylic acids is 2. The third-order valence-electron chi connectivity index (χ3n) is 9.55. The molecule has 4 aliphatic rings. The Morgan fingerprint density at radius 2 is 1.75 bits per heavy atom. The summed E-state index contributed by atoms with van der Waals surface area (Å²) in [5.74, 6) is 0.420. The standard InChI is InChI=1S/C20H31NO3/c1-16(2)12-7-8-18(16,5)13(11-12)21-14(22)20-10-9-19(6,15(23)24-20)17(20,3)4/h12-13H,7-11H2,1-6H3,(H,21,22)/t12-,13-,18-,19+,20+/m1/s1. The van der Waals surface area contributed by atoms with Gasteiger partial charge in [0.25, 0.3) is 5.91 Å². The molecule has 4 bridgehead atoms. The zero-order valence-electron chi connectivity index (χ0n) is 15.9. The van der Waals surface area contributed by atoms with Crippen LogP contribution in [0.1, 0.15) is 73.6 Å². The Morgan fingerprint density at radius 3 is 2.17 bits per heavy atom. The van der Waals surface area contributed by atoms with Crippen LogP contribution in [0.5, 0.6) is 0 Å². The Kier molecular flexibility index (Phi) is 2.86. The van der Waals surface area contributed by atoms with Crippen LogP contribution in [-0.2, 0) is 14.3 Å². The van der Waals surface area contributed by atoms with Gasteiger partial charge in [0.1, 0.15) is 0 Å². The summed E-state index contributed by atoms with van der Waals surface area (Å²) in [6, 6.07) is 0.190. The average molecular weight is 333 g/mol. The van der Waals surface area contributed by atoms with E-state index in [1.807, 2.05) is 20.8 Å². The summed E-state index contributed by atoms with van der Waals surface area (Å²) in [7, 11) is 0. The van der Waals surface area contributed by atoms with Gasteiger partial charge in [-0.05, 0) is 55.8 Å². The summed E-state index contributed by atoms with van der Waals surface area (Å²) >= 11 is 0. The van der Waals surface area contributed by atoms with Gasteiger partial charge in [-0.3, -0.25) is 9.59 Å². The van der Waals surface area contributed by atoms with Crippen molar-refractivity contribution in [2.24, 2.45) is 27.6 Å². The fourth-order valence-corrected chi connectivity index (χ4v) is 6.44. The number of nitrogens with one attached hydrogen (secondary N) is 1. The molecule has 1 saturated heterocycles. The molecule has 4 fully saturated rings. The summed E-state index contributed by atoms with van der Waals surface area (Å²) in [5, 5.41) is 3.34. The fourth-order valence-electron chi connectivity index (χ4n) is 6.44. The Bertz CT molecular complexity index is 639. The van der Waals surface area contributed by atoms with E-state index in [4.69, 9.17) is 4.74 Å².